The van der Waals surface area contributed by atoms with Crippen molar-refractivity contribution in [3.8, 4) is 12.3 Å². The molecule has 0 radical (unpaired) electrons. The van der Waals surface area contributed by atoms with E-state index >= 15 is 0 Å². The molecule has 0 aromatic rings. The third-order valence-corrected chi connectivity index (χ3v) is 2.96. The lowest BCUT2D eigenvalue weighted by Gasteiger charge is -2.43. The largest absolute Gasteiger partial charge is 0.456 e. The van der Waals surface area contributed by atoms with Crippen molar-refractivity contribution in [1.29, 1.82) is 0 Å². The van der Waals surface area contributed by atoms with Gasteiger partial charge in [0.25, 0.3) is 0 Å². The van der Waals surface area contributed by atoms with Gasteiger partial charge in [0.2, 0.25) is 0 Å². The van der Waals surface area contributed by atoms with Crippen molar-refractivity contribution in [2.45, 2.75) is 58.4 Å². The lowest BCUT2D eigenvalue weighted by Crippen LogP contribution is -2.61. The van der Waals surface area contributed by atoms with Crippen LogP contribution in [-0.4, -0.2) is 55.2 Å². The minimum Gasteiger partial charge on any atom is -0.456 e. The molecule has 1 fully saturated rings. The second-order valence-corrected chi connectivity index (χ2v) is 4.95. The second kappa shape index (κ2) is 8.50. The number of ether oxygens (including phenoxy) is 5. The van der Waals surface area contributed by atoms with Crippen LogP contribution in [0.3, 0.4) is 0 Å². The number of carbonyl (C=O) groups excluding carboxylic acids is 3. The monoisotopic (exact) mass is 328 g/mol. The van der Waals surface area contributed by atoms with Crippen LogP contribution in [0.5, 0.6) is 0 Å². The van der Waals surface area contributed by atoms with Gasteiger partial charge in [0.15, 0.2) is 24.6 Å². The number of hydrogen-bond acceptors (Lipinski definition) is 8. The zero-order valence-corrected chi connectivity index (χ0v) is 13.4. The first-order chi connectivity index (χ1) is 10.8. The minimum absolute atomic E-state index is 0.0970. The summed E-state index contributed by atoms with van der Waals surface area (Å²) in [4.78, 5) is 34.0. The maximum absolute atomic E-state index is 11.4. The van der Waals surface area contributed by atoms with Gasteiger partial charge in [-0.25, -0.2) is 0 Å². The summed E-state index contributed by atoms with van der Waals surface area (Å²) in [5.41, 5.74) is 0. The molecule has 0 spiro atoms. The fraction of sp³-hybridized carbons (Fsp3) is 0.667. The SMILES string of the molecule is C#CCO[C@@H]1O[C@@H](C)[C@@H](OC(C)=O)[C@@H](OC(C)=O)[C@@H]1OC(C)=O. The highest BCUT2D eigenvalue weighted by molar-refractivity contribution is 5.68. The molecule has 8 nitrogen and oxygen atoms in total. The summed E-state index contributed by atoms with van der Waals surface area (Å²) in [6.07, 6.45) is 0.270. The van der Waals surface area contributed by atoms with E-state index in [1.807, 2.05) is 0 Å². The highest BCUT2D eigenvalue weighted by Gasteiger charge is 2.50. The van der Waals surface area contributed by atoms with Gasteiger partial charge in [0.05, 0.1) is 6.10 Å². The van der Waals surface area contributed by atoms with Crippen molar-refractivity contribution < 1.29 is 38.1 Å². The van der Waals surface area contributed by atoms with Crippen molar-refractivity contribution in [2.75, 3.05) is 6.61 Å². The van der Waals surface area contributed by atoms with E-state index < -0.39 is 48.6 Å². The Bertz CT molecular complexity index is 494. The van der Waals surface area contributed by atoms with E-state index in [9.17, 15) is 14.4 Å². The van der Waals surface area contributed by atoms with E-state index in [1.165, 1.54) is 20.8 Å². The molecule has 0 N–H and O–H groups in total. The summed E-state index contributed by atoms with van der Waals surface area (Å²) in [6, 6.07) is 0. The molecule has 0 aromatic carbocycles. The van der Waals surface area contributed by atoms with Crippen LogP contribution < -0.4 is 0 Å². The zero-order chi connectivity index (χ0) is 17.6. The van der Waals surface area contributed by atoms with E-state index in [0.717, 1.165) is 0 Å². The maximum atomic E-state index is 11.4. The highest BCUT2D eigenvalue weighted by atomic mass is 16.7. The van der Waals surface area contributed by atoms with Crippen molar-refractivity contribution in [3.63, 3.8) is 0 Å². The van der Waals surface area contributed by atoms with Crippen LogP contribution in [0, 0.1) is 12.3 Å². The topological polar surface area (TPSA) is 97.4 Å². The molecule has 0 saturated carbocycles. The summed E-state index contributed by atoms with van der Waals surface area (Å²) < 4.78 is 26.4. The molecule has 1 heterocycles. The standard InChI is InChI=1S/C15H20O8/c1-6-7-19-15-14(23-11(5)18)13(22-10(4)17)12(8(2)20-15)21-9(3)16/h1,8,12-15H,7H2,2-5H3/t8-,12+,13+,14-,15+/m0/s1. The molecule has 0 bridgehead atoms. The van der Waals surface area contributed by atoms with Crippen molar-refractivity contribution in [1.82, 2.24) is 0 Å². The van der Waals surface area contributed by atoms with Crippen LogP contribution in [-0.2, 0) is 38.1 Å². The Balaban J connectivity index is 3.11. The highest BCUT2D eigenvalue weighted by Crippen LogP contribution is 2.29. The van der Waals surface area contributed by atoms with Crippen LogP contribution >= 0.6 is 0 Å². The Morgan fingerprint density at radius 2 is 1.43 bits per heavy atom. The lowest BCUT2D eigenvalue weighted by atomic mass is 9.99. The molecule has 1 saturated heterocycles. The zero-order valence-electron chi connectivity index (χ0n) is 13.4. The quantitative estimate of drug-likeness (QED) is 0.400. The third kappa shape index (κ3) is 5.54. The first-order valence-electron chi connectivity index (χ1n) is 6.98. The second-order valence-electron chi connectivity index (χ2n) is 4.95. The molecule has 128 valence electrons. The Morgan fingerprint density at radius 1 is 0.957 bits per heavy atom. The van der Waals surface area contributed by atoms with Gasteiger partial charge in [-0.15, -0.1) is 6.42 Å². The van der Waals surface area contributed by atoms with Crippen molar-refractivity contribution in [2.24, 2.45) is 0 Å². The third-order valence-electron chi connectivity index (χ3n) is 2.96. The van der Waals surface area contributed by atoms with Gasteiger partial charge < -0.3 is 23.7 Å². The maximum Gasteiger partial charge on any atom is 0.303 e. The Kier molecular flexibility index (Phi) is 7.00. The van der Waals surface area contributed by atoms with Gasteiger partial charge in [-0.05, 0) is 6.92 Å². The van der Waals surface area contributed by atoms with Gasteiger partial charge in [-0.1, -0.05) is 5.92 Å². The number of terminal acetylenes is 1. The van der Waals surface area contributed by atoms with Crippen LogP contribution in [0.2, 0.25) is 0 Å². The average molecular weight is 328 g/mol. The van der Waals surface area contributed by atoms with Gasteiger partial charge in [0, 0.05) is 20.8 Å². The summed E-state index contributed by atoms with van der Waals surface area (Å²) in [5, 5.41) is 0. The van der Waals surface area contributed by atoms with Crippen LogP contribution in [0.15, 0.2) is 0 Å². The molecule has 0 unspecified atom stereocenters. The molecule has 1 aliphatic heterocycles. The van der Waals surface area contributed by atoms with Gasteiger partial charge in [-0.2, -0.15) is 0 Å². The normalized spacial score (nSPS) is 30.0. The Morgan fingerprint density at radius 3 is 1.91 bits per heavy atom. The van der Waals surface area contributed by atoms with E-state index in [2.05, 4.69) is 5.92 Å². The molecular weight excluding hydrogens is 308 g/mol. The Labute approximate surface area is 134 Å². The van der Waals surface area contributed by atoms with Crippen molar-refractivity contribution in [3.05, 3.63) is 0 Å². The number of esters is 3. The minimum atomic E-state index is -1.12. The number of hydrogen-bond donors (Lipinski definition) is 0. The molecule has 0 amide bonds. The lowest BCUT2D eigenvalue weighted by molar-refractivity contribution is -0.298. The summed E-state index contributed by atoms with van der Waals surface area (Å²) in [6.45, 7) is 5.09. The predicted octanol–water partition coefficient (Wildman–Crippen LogP) is 0.176. The molecule has 0 aromatic heterocycles. The smallest absolute Gasteiger partial charge is 0.303 e. The molecule has 8 heteroatoms. The number of carbonyl (C=O) groups is 3. The van der Waals surface area contributed by atoms with Crippen LogP contribution in [0.25, 0.3) is 0 Å². The Hall–Kier alpha value is -2.11. The number of rotatable bonds is 5. The molecule has 0 aliphatic carbocycles. The van der Waals surface area contributed by atoms with Crippen LogP contribution in [0.4, 0.5) is 0 Å². The average Bonchev–Trinajstić information content (AvgIpc) is 2.42. The van der Waals surface area contributed by atoms with Gasteiger partial charge in [-0.3, -0.25) is 14.4 Å². The summed E-state index contributed by atoms with van der Waals surface area (Å²) in [7, 11) is 0. The predicted molar refractivity (Wildman–Crippen MR) is 75.8 cm³/mol. The fourth-order valence-electron chi connectivity index (χ4n) is 2.23. The van der Waals surface area contributed by atoms with E-state index in [0.29, 0.717) is 0 Å². The van der Waals surface area contributed by atoms with Gasteiger partial charge >= 0.3 is 17.9 Å². The van der Waals surface area contributed by atoms with E-state index in [1.54, 1.807) is 6.92 Å². The summed E-state index contributed by atoms with van der Waals surface area (Å²) >= 11 is 0. The molecular formula is C15H20O8. The van der Waals surface area contributed by atoms with E-state index in [-0.39, 0.29) is 6.61 Å². The summed E-state index contributed by atoms with van der Waals surface area (Å²) in [5.74, 6) is 0.408. The molecule has 1 rings (SSSR count). The van der Waals surface area contributed by atoms with Crippen LogP contribution in [0.1, 0.15) is 27.7 Å². The molecule has 5 atom stereocenters. The molecule has 23 heavy (non-hydrogen) atoms. The fourth-order valence-corrected chi connectivity index (χ4v) is 2.23. The van der Waals surface area contributed by atoms with Gasteiger partial charge in [0.1, 0.15) is 6.61 Å². The van der Waals surface area contributed by atoms with Crippen molar-refractivity contribution >= 4 is 17.9 Å². The molecule has 1 aliphatic rings. The van der Waals surface area contributed by atoms with E-state index in [4.69, 9.17) is 30.1 Å². The first-order valence-corrected chi connectivity index (χ1v) is 6.98. The first kappa shape index (κ1) is 18.9.